The van der Waals surface area contributed by atoms with Gasteiger partial charge < -0.3 is 14.4 Å². The molecule has 0 fully saturated rings. The number of para-hydroxylation sites is 1. The Morgan fingerprint density at radius 1 is 1.26 bits per heavy atom. The fourth-order valence-corrected chi connectivity index (χ4v) is 3.93. The number of benzene rings is 1. The Hall–Kier alpha value is -2.64. The van der Waals surface area contributed by atoms with Crippen LogP contribution in [0.2, 0.25) is 0 Å². The first-order chi connectivity index (χ1) is 12.5. The van der Waals surface area contributed by atoms with E-state index >= 15 is 0 Å². The summed E-state index contributed by atoms with van der Waals surface area (Å²) >= 11 is 0. The van der Waals surface area contributed by atoms with E-state index in [-0.39, 0.29) is 32.1 Å². The van der Waals surface area contributed by atoms with Crippen LogP contribution in [0.5, 0.6) is 0 Å². The molecule has 0 bridgehead atoms. The van der Waals surface area contributed by atoms with E-state index in [1.54, 1.807) is 17.6 Å². The molecule has 27 heavy (non-hydrogen) atoms. The molecule has 1 N–H and O–H groups in total. The van der Waals surface area contributed by atoms with Gasteiger partial charge in [-0.1, -0.05) is 25.1 Å². The smallest absolute Gasteiger partial charge is 0.343 e. The van der Waals surface area contributed by atoms with Gasteiger partial charge in [-0.3, -0.25) is 4.79 Å². The van der Waals surface area contributed by atoms with E-state index in [1.807, 2.05) is 30.3 Å². The number of ether oxygens (including phenoxy) is 1. The molecule has 1 atom stereocenters. The predicted octanol–water partition coefficient (Wildman–Crippen LogP) is 2.19. The number of hydrogen-bond acceptors (Lipinski definition) is 5. The quantitative estimate of drug-likeness (QED) is 0.511. The van der Waals surface area contributed by atoms with Crippen LogP contribution in [0.15, 0.2) is 41.2 Å². The van der Waals surface area contributed by atoms with Crippen molar-refractivity contribution >= 4 is 30.4 Å². The fourth-order valence-electron chi connectivity index (χ4n) is 3.93. The van der Waals surface area contributed by atoms with Crippen molar-refractivity contribution in [3.05, 3.63) is 63.4 Å². The highest BCUT2D eigenvalue weighted by Crippen LogP contribution is 2.38. The van der Waals surface area contributed by atoms with E-state index in [0.29, 0.717) is 23.4 Å². The summed E-state index contributed by atoms with van der Waals surface area (Å²) in [6, 6.07) is 11.6. The number of carbonyl (C=O) groups excluding carboxylic acids is 1. The minimum Gasteiger partial charge on any atom is -0.458 e. The number of esters is 1. The molecular formula is C20H18N2O4S. The Balaban J connectivity index is 0.00000180. The molecule has 6 nitrogen and oxygen atoms in total. The molecular weight excluding hydrogens is 364 g/mol. The molecule has 0 unspecified atom stereocenters. The molecule has 0 aliphatic carbocycles. The second kappa shape index (κ2) is 5.94. The SMILES string of the molecule is CC[C@@]1(O)C(=O)OCc2c1cc1n(c2=O)Cc2cc3ccccc3nc2-1.S. The first kappa shape index (κ1) is 17.8. The first-order valence-corrected chi connectivity index (χ1v) is 8.59. The second-order valence-corrected chi connectivity index (χ2v) is 6.79. The lowest BCUT2D eigenvalue weighted by Gasteiger charge is -2.31. The van der Waals surface area contributed by atoms with Crippen molar-refractivity contribution in [2.75, 3.05) is 0 Å². The van der Waals surface area contributed by atoms with Gasteiger partial charge in [-0.05, 0) is 24.6 Å². The number of carbonyl (C=O) groups is 1. The summed E-state index contributed by atoms with van der Waals surface area (Å²) < 4.78 is 6.72. The van der Waals surface area contributed by atoms with Crippen molar-refractivity contribution in [1.29, 1.82) is 0 Å². The van der Waals surface area contributed by atoms with Gasteiger partial charge in [0.25, 0.3) is 5.56 Å². The van der Waals surface area contributed by atoms with Crippen LogP contribution in [0.3, 0.4) is 0 Å². The van der Waals surface area contributed by atoms with Crippen LogP contribution in [-0.4, -0.2) is 20.6 Å². The summed E-state index contributed by atoms with van der Waals surface area (Å²) in [5.41, 5.74) is 1.81. The van der Waals surface area contributed by atoms with Crippen LogP contribution < -0.4 is 5.56 Å². The van der Waals surface area contributed by atoms with Gasteiger partial charge in [-0.25, -0.2) is 9.78 Å². The maximum atomic E-state index is 13.0. The van der Waals surface area contributed by atoms with Crippen molar-refractivity contribution in [2.24, 2.45) is 0 Å². The highest BCUT2D eigenvalue weighted by Gasteiger charge is 2.45. The highest BCUT2D eigenvalue weighted by molar-refractivity contribution is 7.59. The van der Waals surface area contributed by atoms with Gasteiger partial charge in [0.1, 0.15) is 6.61 Å². The zero-order chi connectivity index (χ0) is 18.1. The van der Waals surface area contributed by atoms with Crippen molar-refractivity contribution in [3.8, 4) is 11.4 Å². The van der Waals surface area contributed by atoms with E-state index in [2.05, 4.69) is 0 Å². The van der Waals surface area contributed by atoms with Crippen LogP contribution in [0.25, 0.3) is 22.3 Å². The third kappa shape index (κ3) is 2.28. The van der Waals surface area contributed by atoms with Gasteiger partial charge in [-0.2, -0.15) is 13.5 Å². The molecule has 0 radical (unpaired) electrons. The Bertz CT molecular complexity index is 1170. The Morgan fingerprint density at radius 2 is 2.04 bits per heavy atom. The molecule has 7 heteroatoms. The average Bonchev–Trinajstić information content (AvgIpc) is 3.01. The average molecular weight is 382 g/mol. The van der Waals surface area contributed by atoms with E-state index in [9.17, 15) is 14.7 Å². The standard InChI is InChI=1S/C20H16N2O4.H2S/c1-2-20(25)14-8-16-17-12(7-11-5-3-4-6-15(11)21-17)9-22(16)18(23)13(14)10-26-19(20)24;/h3-8,25H,2,9-10H2,1H3;1H2/t20-;/m0./s1. The second-order valence-electron chi connectivity index (χ2n) is 6.79. The number of rotatable bonds is 1. The third-order valence-electron chi connectivity index (χ3n) is 5.42. The summed E-state index contributed by atoms with van der Waals surface area (Å²) in [6.45, 7) is 2.01. The third-order valence-corrected chi connectivity index (χ3v) is 5.42. The first-order valence-electron chi connectivity index (χ1n) is 8.59. The highest BCUT2D eigenvalue weighted by atomic mass is 32.1. The van der Waals surface area contributed by atoms with E-state index in [4.69, 9.17) is 9.72 Å². The molecule has 2 aromatic heterocycles. The van der Waals surface area contributed by atoms with Crippen LogP contribution in [0.4, 0.5) is 0 Å². The van der Waals surface area contributed by atoms with Crippen LogP contribution >= 0.6 is 13.5 Å². The number of aromatic nitrogens is 2. The molecule has 3 aromatic rings. The van der Waals surface area contributed by atoms with Gasteiger partial charge in [0.15, 0.2) is 5.60 Å². The van der Waals surface area contributed by atoms with Crippen molar-refractivity contribution in [2.45, 2.75) is 32.1 Å². The topological polar surface area (TPSA) is 81.4 Å². The summed E-state index contributed by atoms with van der Waals surface area (Å²) in [7, 11) is 0. The van der Waals surface area contributed by atoms with Crippen molar-refractivity contribution < 1.29 is 14.6 Å². The minimum absolute atomic E-state index is 0. The number of nitrogens with zero attached hydrogens (tertiary/aromatic N) is 2. The lowest BCUT2D eigenvalue weighted by molar-refractivity contribution is -0.172. The Kier molecular flexibility index (Phi) is 3.90. The van der Waals surface area contributed by atoms with E-state index in [1.165, 1.54) is 0 Å². The summed E-state index contributed by atoms with van der Waals surface area (Å²) in [6.07, 6.45) is 0.139. The molecule has 1 aromatic carbocycles. The zero-order valence-electron chi connectivity index (χ0n) is 14.7. The molecule has 0 amide bonds. The predicted molar refractivity (Wildman–Crippen MR) is 105 cm³/mol. The molecule has 138 valence electrons. The van der Waals surface area contributed by atoms with Crippen molar-refractivity contribution in [1.82, 2.24) is 9.55 Å². The molecule has 5 rings (SSSR count). The Morgan fingerprint density at radius 3 is 2.81 bits per heavy atom. The molecule has 2 aliphatic heterocycles. The number of fused-ring (bicyclic) bond motifs is 5. The minimum atomic E-state index is -1.79. The molecule has 0 saturated carbocycles. The normalized spacial score (nSPS) is 19.7. The van der Waals surface area contributed by atoms with Gasteiger partial charge in [-0.15, -0.1) is 0 Å². The number of aliphatic hydroxyl groups is 1. The molecule has 0 saturated heterocycles. The lowest BCUT2D eigenvalue weighted by atomic mass is 9.86. The van der Waals surface area contributed by atoms with Gasteiger partial charge >= 0.3 is 5.97 Å². The lowest BCUT2D eigenvalue weighted by Crippen LogP contribution is -2.44. The van der Waals surface area contributed by atoms with Crippen LogP contribution in [-0.2, 0) is 28.3 Å². The van der Waals surface area contributed by atoms with Crippen LogP contribution in [0, 0.1) is 0 Å². The molecule has 0 spiro atoms. The van der Waals surface area contributed by atoms with Gasteiger partial charge in [0, 0.05) is 16.5 Å². The van der Waals surface area contributed by atoms with Crippen LogP contribution in [0.1, 0.15) is 30.0 Å². The van der Waals surface area contributed by atoms with Gasteiger partial charge in [0.2, 0.25) is 0 Å². The largest absolute Gasteiger partial charge is 0.458 e. The number of cyclic esters (lactones) is 1. The summed E-state index contributed by atoms with van der Waals surface area (Å²) in [5.74, 6) is -0.707. The Labute approximate surface area is 161 Å². The molecule has 4 heterocycles. The monoisotopic (exact) mass is 382 g/mol. The summed E-state index contributed by atoms with van der Waals surface area (Å²) in [5, 5.41) is 11.8. The van der Waals surface area contributed by atoms with E-state index < -0.39 is 11.6 Å². The maximum Gasteiger partial charge on any atom is 0.343 e. The maximum absolute atomic E-state index is 13.0. The fraction of sp³-hybridized carbons (Fsp3) is 0.250. The molecule has 2 aliphatic rings. The van der Waals surface area contributed by atoms with Gasteiger partial charge in [0.05, 0.1) is 29.0 Å². The number of pyridine rings is 2. The number of hydrogen-bond donors (Lipinski definition) is 1. The van der Waals surface area contributed by atoms with E-state index in [0.717, 1.165) is 22.2 Å². The zero-order valence-corrected chi connectivity index (χ0v) is 15.7. The van der Waals surface area contributed by atoms with Crippen molar-refractivity contribution in [3.63, 3.8) is 0 Å². The summed E-state index contributed by atoms with van der Waals surface area (Å²) in [4.78, 5) is 29.9.